The fourth-order valence-corrected chi connectivity index (χ4v) is 4.78. The Hall–Kier alpha value is -2.49. The molecular formula is C23H31FN4O3S. The van der Waals surface area contributed by atoms with Gasteiger partial charge in [-0.2, -0.15) is 0 Å². The van der Waals surface area contributed by atoms with Crippen molar-refractivity contribution in [2.24, 2.45) is 0 Å². The topological polar surface area (TPSA) is 73.0 Å². The summed E-state index contributed by atoms with van der Waals surface area (Å²) in [6, 6.07) is 10.1. The van der Waals surface area contributed by atoms with E-state index in [1.165, 1.54) is 44.4 Å². The lowest BCUT2D eigenvalue weighted by molar-refractivity contribution is 0.0939. The molecule has 7 nitrogen and oxygen atoms in total. The second-order valence-electron chi connectivity index (χ2n) is 8.13. The van der Waals surface area contributed by atoms with Crippen molar-refractivity contribution in [3.8, 4) is 0 Å². The molecule has 9 heteroatoms. The smallest absolute Gasteiger partial charge is 0.251 e. The average molecular weight is 463 g/mol. The first-order valence-electron chi connectivity index (χ1n) is 10.7. The Bertz CT molecular complexity index is 1070. The van der Waals surface area contributed by atoms with Gasteiger partial charge in [0, 0.05) is 57.1 Å². The van der Waals surface area contributed by atoms with Crippen molar-refractivity contribution in [3.05, 3.63) is 59.4 Å². The normalized spacial score (nSPS) is 16.2. The number of piperazine rings is 1. The number of nitrogens with one attached hydrogen (secondary N) is 1. The Balaban J connectivity index is 1.81. The van der Waals surface area contributed by atoms with Gasteiger partial charge in [-0.25, -0.2) is 17.1 Å². The molecule has 1 N–H and O–H groups in total. The third kappa shape index (κ3) is 5.28. The summed E-state index contributed by atoms with van der Waals surface area (Å²) < 4.78 is 40.0. The van der Waals surface area contributed by atoms with Crippen molar-refractivity contribution >= 4 is 21.6 Å². The van der Waals surface area contributed by atoms with Gasteiger partial charge in [0.1, 0.15) is 5.82 Å². The second kappa shape index (κ2) is 9.97. The van der Waals surface area contributed by atoms with Crippen LogP contribution in [0, 0.1) is 5.82 Å². The molecule has 32 heavy (non-hydrogen) atoms. The van der Waals surface area contributed by atoms with E-state index in [-0.39, 0.29) is 16.3 Å². The SMILES string of the molecule is CCN1CCN(c2ccc(F)cc2[C@H](C)NC(=O)c2cccc(S(=O)(=O)N(C)C)c2)CC1. The number of halogens is 1. The number of carbonyl (C=O) groups excluding carboxylic acids is 1. The number of anilines is 1. The Kier molecular flexibility index (Phi) is 7.53. The number of nitrogens with zero attached hydrogens (tertiary/aromatic N) is 3. The van der Waals surface area contributed by atoms with Gasteiger partial charge in [-0.15, -0.1) is 0 Å². The van der Waals surface area contributed by atoms with E-state index in [0.29, 0.717) is 5.56 Å². The summed E-state index contributed by atoms with van der Waals surface area (Å²) in [5, 5.41) is 2.90. The van der Waals surface area contributed by atoms with Gasteiger partial charge in [-0.3, -0.25) is 4.79 Å². The zero-order valence-corrected chi connectivity index (χ0v) is 19.8. The van der Waals surface area contributed by atoms with E-state index in [2.05, 4.69) is 22.0 Å². The molecule has 0 saturated carbocycles. The molecule has 0 unspecified atom stereocenters. The molecule has 1 fully saturated rings. The molecule has 1 aliphatic heterocycles. The number of hydrogen-bond donors (Lipinski definition) is 1. The minimum atomic E-state index is -3.65. The monoisotopic (exact) mass is 462 g/mol. The first-order valence-corrected chi connectivity index (χ1v) is 12.2. The van der Waals surface area contributed by atoms with Crippen LogP contribution < -0.4 is 10.2 Å². The van der Waals surface area contributed by atoms with Crippen molar-refractivity contribution in [2.75, 3.05) is 51.7 Å². The van der Waals surface area contributed by atoms with Crippen LogP contribution in [0.5, 0.6) is 0 Å². The minimum absolute atomic E-state index is 0.0445. The number of rotatable bonds is 7. The van der Waals surface area contributed by atoms with Gasteiger partial charge in [0.25, 0.3) is 5.91 Å². The lowest BCUT2D eigenvalue weighted by Gasteiger charge is -2.37. The van der Waals surface area contributed by atoms with Crippen LogP contribution in [-0.2, 0) is 10.0 Å². The van der Waals surface area contributed by atoms with Crippen molar-refractivity contribution in [1.29, 1.82) is 0 Å². The summed E-state index contributed by atoms with van der Waals surface area (Å²) in [6.07, 6.45) is 0. The Morgan fingerprint density at radius 1 is 1.12 bits per heavy atom. The van der Waals surface area contributed by atoms with Gasteiger partial charge in [-0.1, -0.05) is 13.0 Å². The van der Waals surface area contributed by atoms with Gasteiger partial charge < -0.3 is 15.1 Å². The standard InChI is InChI=1S/C23H31FN4O3S/c1-5-27-11-13-28(14-12-27)22-10-9-19(24)16-21(22)17(2)25-23(29)18-7-6-8-20(15-18)32(30,31)26(3)4/h6-10,15-17H,5,11-14H2,1-4H3,(H,25,29)/t17-/m0/s1. The van der Waals surface area contributed by atoms with Crippen molar-refractivity contribution < 1.29 is 17.6 Å². The summed E-state index contributed by atoms with van der Waals surface area (Å²) >= 11 is 0. The summed E-state index contributed by atoms with van der Waals surface area (Å²) in [7, 11) is -0.773. The van der Waals surface area contributed by atoms with Crippen LogP contribution in [0.3, 0.4) is 0 Å². The van der Waals surface area contributed by atoms with Gasteiger partial charge >= 0.3 is 0 Å². The van der Waals surface area contributed by atoms with E-state index < -0.39 is 22.0 Å². The maximum absolute atomic E-state index is 14.1. The predicted octanol–water partition coefficient (Wildman–Crippen LogP) is 2.71. The highest BCUT2D eigenvalue weighted by atomic mass is 32.2. The highest BCUT2D eigenvalue weighted by molar-refractivity contribution is 7.89. The maximum atomic E-state index is 14.1. The number of hydrogen-bond acceptors (Lipinski definition) is 5. The van der Waals surface area contributed by atoms with E-state index in [9.17, 15) is 17.6 Å². The lowest BCUT2D eigenvalue weighted by atomic mass is 10.0. The highest BCUT2D eigenvalue weighted by Gasteiger charge is 2.23. The third-order valence-corrected chi connectivity index (χ3v) is 7.65. The molecule has 3 rings (SSSR count). The van der Waals surface area contributed by atoms with Crippen molar-refractivity contribution in [2.45, 2.75) is 24.8 Å². The zero-order chi connectivity index (χ0) is 23.5. The molecule has 174 valence electrons. The number of likely N-dealkylation sites (N-methyl/N-ethyl adjacent to an activating group) is 1. The second-order valence-corrected chi connectivity index (χ2v) is 10.3. The molecule has 0 spiro atoms. The first kappa shape index (κ1) is 24.2. The number of amides is 1. The zero-order valence-electron chi connectivity index (χ0n) is 19.0. The van der Waals surface area contributed by atoms with E-state index in [0.717, 1.165) is 42.7 Å². The fourth-order valence-electron chi connectivity index (χ4n) is 3.83. The first-order chi connectivity index (χ1) is 15.1. The maximum Gasteiger partial charge on any atom is 0.251 e. The van der Waals surface area contributed by atoms with Crippen LogP contribution in [-0.4, -0.2) is 70.3 Å². The summed E-state index contributed by atoms with van der Waals surface area (Å²) in [6.45, 7) is 8.46. The molecule has 0 aliphatic carbocycles. The quantitative estimate of drug-likeness (QED) is 0.685. The molecular weight excluding hydrogens is 431 g/mol. The predicted molar refractivity (Wildman–Crippen MR) is 124 cm³/mol. The molecule has 0 aromatic heterocycles. The number of sulfonamides is 1. The van der Waals surface area contributed by atoms with Gasteiger partial charge in [0.05, 0.1) is 10.9 Å². The third-order valence-electron chi connectivity index (χ3n) is 5.84. The van der Waals surface area contributed by atoms with Crippen LogP contribution >= 0.6 is 0 Å². The highest BCUT2D eigenvalue weighted by Crippen LogP contribution is 2.29. The van der Waals surface area contributed by atoms with E-state index in [1.54, 1.807) is 19.1 Å². The molecule has 1 amide bonds. The Morgan fingerprint density at radius 3 is 2.44 bits per heavy atom. The lowest BCUT2D eigenvalue weighted by Crippen LogP contribution is -2.46. The molecule has 0 radical (unpaired) electrons. The number of benzene rings is 2. The van der Waals surface area contributed by atoms with Gasteiger partial charge in [-0.05, 0) is 49.9 Å². The average Bonchev–Trinajstić information content (AvgIpc) is 2.79. The Morgan fingerprint density at radius 2 is 1.81 bits per heavy atom. The van der Waals surface area contributed by atoms with Crippen LogP contribution in [0.15, 0.2) is 47.4 Å². The van der Waals surface area contributed by atoms with E-state index in [1.807, 2.05) is 0 Å². The van der Waals surface area contributed by atoms with Crippen molar-refractivity contribution in [3.63, 3.8) is 0 Å². The summed E-state index contributed by atoms with van der Waals surface area (Å²) in [5.41, 5.74) is 1.83. The van der Waals surface area contributed by atoms with Gasteiger partial charge in [0.2, 0.25) is 10.0 Å². The van der Waals surface area contributed by atoms with Crippen LogP contribution in [0.2, 0.25) is 0 Å². The Labute approximate surface area is 189 Å². The molecule has 2 aromatic carbocycles. The van der Waals surface area contributed by atoms with Crippen LogP contribution in [0.4, 0.5) is 10.1 Å². The molecule has 2 aromatic rings. The number of carbonyl (C=O) groups is 1. The van der Waals surface area contributed by atoms with Crippen LogP contribution in [0.25, 0.3) is 0 Å². The minimum Gasteiger partial charge on any atom is -0.369 e. The van der Waals surface area contributed by atoms with E-state index >= 15 is 0 Å². The largest absolute Gasteiger partial charge is 0.369 e. The van der Waals surface area contributed by atoms with Crippen molar-refractivity contribution in [1.82, 2.24) is 14.5 Å². The summed E-state index contributed by atoms with van der Waals surface area (Å²) in [4.78, 5) is 17.5. The van der Waals surface area contributed by atoms with Crippen LogP contribution in [0.1, 0.15) is 35.8 Å². The molecule has 1 heterocycles. The van der Waals surface area contributed by atoms with Gasteiger partial charge in [0.15, 0.2) is 0 Å². The molecule has 1 aliphatic rings. The van der Waals surface area contributed by atoms with E-state index in [4.69, 9.17) is 0 Å². The molecule has 1 atom stereocenters. The molecule has 1 saturated heterocycles. The summed E-state index contributed by atoms with van der Waals surface area (Å²) in [5.74, 6) is -0.782. The molecule has 0 bridgehead atoms. The fraction of sp³-hybridized carbons (Fsp3) is 0.435.